The van der Waals surface area contributed by atoms with E-state index in [1.54, 1.807) is 30.3 Å². The predicted molar refractivity (Wildman–Crippen MR) is 94.9 cm³/mol. The molecule has 2 aromatic carbocycles. The maximum absolute atomic E-state index is 13.9. The molecule has 0 aliphatic carbocycles. The first-order valence-electron chi connectivity index (χ1n) is 6.49. The van der Waals surface area contributed by atoms with Crippen molar-refractivity contribution in [3.05, 3.63) is 62.3 Å². The fourth-order valence-corrected chi connectivity index (χ4v) is 3.30. The van der Waals surface area contributed by atoms with E-state index in [9.17, 15) is 4.39 Å². The number of halogens is 4. The van der Waals surface area contributed by atoms with E-state index in [-0.39, 0.29) is 11.5 Å². The maximum atomic E-state index is 13.9. The van der Waals surface area contributed by atoms with Gasteiger partial charge < -0.3 is 5.32 Å². The highest BCUT2D eigenvalue weighted by atomic mass is 79.9. The first-order chi connectivity index (χ1) is 10.2. The van der Waals surface area contributed by atoms with Gasteiger partial charge in [0.05, 0.1) is 5.69 Å². The molecule has 0 atom stereocenters. The summed E-state index contributed by atoms with van der Waals surface area (Å²) in [5.74, 6) is -0.344. The lowest BCUT2D eigenvalue weighted by Crippen LogP contribution is -2.35. The highest BCUT2D eigenvalue weighted by Gasteiger charge is 2.31. The summed E-state index contributed by atoms with van der Waals surface area (Å²) in [5, 5.41) is 12.0. The average Bonchev–Trinajstić information content (AvgIpc) is 2.41. The van der Waals surface area contributed by atoms with Crippen LogP contribution in [0.1, 0.15) is 19.4 Å². The van der Waals surface area contributed by atoms with Gasteiger partial charge in [0.2, 0.25) is 0 Å². The van der Waals surface area contributed by atoms with Gasteiger partial charge in [-0.15, -0.1) is 0 Å². The molecule has 22 heavy (non-hydrogen) atoms. The number of benzene rings is 2. The molecule has 0 bridgehead atoms. The van der Waals surface area contributed by atoms with Crippen molar-refractivity contribution < 1.29 is 4.39 Å². The van der Waals surface area contributed by atoms with Crippen LogP contribution in [0.15, 0.2) is 40.9 Å². The van der Waals surface area contributed by atoms with E-state index in [1.807, 2.05) is 13.8 Å². The van der Waals surface area contributed by atoms with Crippen LogP contribution in [0.5, 0.6) is 0 Å². The molecule has 0 saturated heterocycles. The summed E-state index contributed by atoms with van der Waals surface area (Å²) >= 11 is 15.6. The van der Waals surface area contributed by atoms with Crippen molar-refractivity contribution >= 4 is 50.7 Å². The molecule has 6 heteroatoms. The minimum absolute atomic E-state index is 0.101. The van der Waals surface area contributed by atoms with Gasteiger partial charge in [0, 0.05) is 25.5 Å². The molecule has 0 aliphatic rings. The van der Waals surface area contributed by atoms with E-state index in [0.717, 1.165) is 0 Å². The molecule has 0 unspecified atom stereocenters. The minimum atomic E-state index is -0.797. The van der Waals surface area contributed by atoms with Gasteiger partial charge in [-0.3, -0.25) is 5.41 Å². The van der Waals surface area contributed by atoms with Gasteiger partial charge in [0.1, 0.15) is 11.7 Å². The average molecular weight is 404 g/mol. The molecule has 0 saturated carbocycles. The van der Waals surface area contributed by atoms with Crippen LogP contribution in [0.3, 0.4) is 0 Å². The Hall–Kier alpha value is -1.10. The lowest BCUT2D eigenvalue weighted by molar-refractivity contribution is 0.630. The summed E-state index contributed by atoms with van der Waals surface area (Å²) in [6, 6.07) is 9.79. The van der Waals surface area contributed by atoms with Crippen molar-refractivity contribution in [2.75, 3.05) is 5.32 Å². The molecule has 0 spiro atoms. The molecule has 2 N–H and O–H groups in total. The first-order valence-corrected chi connectivity index (χ1v) is 8.04. The molecular formula is C16H14BrCl2FN2. The zero-order valence-corrected chi connectivity index (χ0v) is 15.1. The molecule has 0 heterocycles. The van der Waals surface area contributed by atoms with E-state index in [0.29, 0.717) is 20.1 Å². The summed E-state index contributed by atoms with van der Waals surface area (Å²) in [7, 11) is 0. The van der Waals surface area contributed by atoms with Gasteiger partial charge in [-0.25, -0.2) is 4.39 Å². The Morgan fingerprint density at radius 1 is 1.18 bits per heavy atom. The van der Waals surface area contributed by atoms with E-state index >= 15 is 0 Å². The quantitative estimate of drug-likeness (QED) is 0.460. The number of hydrogen-bond donors (Lipinski definition) is 2. The Morgan fingerprint density at radius 2 is 1.77 bits per heavy atom. The van der Waals surface area contributed by atoms with Crippen LogP contribution in [0.25, 0.3) is 0 Å². The molecule has 0 aliphatic heterocycles. The Balaban J connectivity index is 2.35. The van der Waals surface area contributed by atoms with Crippen molar-refractivity contribution in [1.29, 1.82) is 5.41 Å². The molecule has 2 aromatic rings. The molecule has 0 amide bonds. The molecule has 116 valence electrons. The van der Waals surface area contributed by atoms with Crippen LogP contribution in [-0.4, -0.2) is 5.84 Å². The van der Waals surface area contributed by atoms with E-state index < -0.39 is 11.2 Å². The largest absolute Gasteiger partial charge is 0.341 e. The summed E-state index contributed by atoms with van der Waals surface area (Å²) in [6.45, 7) is 3.62. The minimum Gasteiger partial charge on any atom is -0.341 e. The Labute approximate surface area is 147 Å². The maximum Gasteiger partial charge on any atom is 0.147 e. The first kappa shape index (κ1) is 17.3. The lowest BCUT2D eigenvalue weighted by atomic mass is 9.83. The topological polar surface area (TPSA) is 35.9 Å². The van der Waals surface area contributed by atoms with Gasteiger partial charge in [-0.05, 0) is 44.2 Å². The standard InChI is InChI=1S/C16H14BrCl2FN2/c1-16(2,14-10(18)4-3-5-11(14)19)15(21)22-13-7-6-9(17)8-12(13)20/h3-8H,1-2H3,(H2,21,22). The second-order valence-electron chi connectivity index (χ2n) is 5.35. The number of anilines is 1. The SMILES string of the molecule is CC(C)(C(=N)Nc1ccc(Br)cc1F)c1c(Cl)cccc1Cl. The van der Waals surface area contributed by atoms with Gasteiger partial charge in [-0.2, -0.15) is 0 Å². The number of amidine groups is 1. The zero-order chi connectivity index (χ0) is 16.5. The normalized spacial score (nSPS) is 11.4. The van der Waals surface area contributed by atoms with Gasteiger partial charge >= 0.3 is 0 Å². The highest BCUT2D eigenvalue weighted by molar-refractivity contribution is 9.10. The molecular weight excluding hydrogens is 390 g/mol. The highest BCUT2D eigenvalue weighted by Crippen LogP contribution is 2.36. The fraction of sp³-hybridized carbons (Fsp3) is 0.188. The number of hydrogen-bond acceptors (Lipinski definition) is 1. The van der Waals surface area contributed by atoms with Gasteiger partial charge in [-0.1, -0.05) is 45.2 Å². The summed E-state index contributed by atoms with van der Waals surface area (Å²) in [4.78, 5) is 0. The van der Waals surface area contributed by atoms with Crippen LogP contribution in [0.2, 0.25) is 10.0 Å². The van der Waals surface area contributed by atoms with Crippen LogP contribution < -0.4 is 5.32 Å². The van der Waals surface area contributed by atoms with Gasteiger partial charge in [0.25, 0.3) is 0 Å². The van der Waals surface area contributed by atoms with E-state index in [1.165, 1.54) is 6.07 Å². The molecule has 0 aromatic heterocycles. The summed E-state index contributed by atoms with van der Waals surface area (Å²) in [5.41, 5.74) is 0.0624. The van der Waals surface area contributed by atoms with Crippen LogP contribution in [-0.2, 0) is 5.41 Å². The van der Waals surface area contributed by atoms with Crippen LogP contribution in [0, 0.1) is 11.2 Å². The summed E-state index contributed by atoms with van der Waals surface area (Å²) < 4.78 is 14.6. The summed E-state index contributed by atoms with van der Waals surface area (Å²) in [6.07, 6.45) is 0. The Kier molecular flexibility index (Phi) is 5.15. The van der Waals surface area contributed by atoms with Crippen molar-refractivity contribution in [2.24, 2.45) is 0 Å². The second kappa shape index (κ2) is 6.57. The van der Waals surface area contributed by atoms with Gasteiger partial charge in [0.15, 0.2) is 0 Å². The monoisotopic (exact) mass is 402 g/mol. The lowest BCUT2D eigenvalue weighted by Gasteiger charge is -2.29. The van der Waals surface area contributed by atoms with E-state index in [4.69, 9.17) is 28.6 Å². The van der Waals surface area contributed by atoms with Crippen LogP contribution in [0.4, 0.5) is 10.1 Å². The van der Waals surface area contributed by atoms with Crippen molar-refractivity contribution in [3.8, 4) is 0 Å². The van der Waals surface area contributed by atoms with E-state index in [2.05, 4.69) is 21.2 Å². The number of nitrogens with one attached hydrogen (secondary N) is 2. The van der Waals surface area contributed by atoms with Crippen molar-refractivity contribution in [1.82, 2.24) is 0 Å². The third-order valence-corrected chi connectivity index (χ3v) is 4.53. The smallest absolute Gasteiger partial charge is 0.147 e. The van der Waals surface area contributed by atoms with Crippen molar-refractivity contribution in [2.45, 2.75) is 19.3 Å². The Bertz CT molecular complexity index is 712. The second-order valence-corrected chi connectivity index (χ2v) is 7.08. The molecule has 0 fully saturated rings. The third-order valence-electron chi connectivity index (χ3n) is 3.40. The predicted octanol–water partition coefficient (Wildman–Crippen LogP) is 6.26. The Morgan fingerprint density at radius 3 is 2.32 bits per heavy atom. The number of rotatable bonds is 3. The molecule has 0 radical (unpaired) electrons. The fourth-order valence-electron chi connectivity index (χ4n) is 2.10. The van der Waals surface area contributed by atoms with Crippen molar-refractivity contribution in [3.63, 3.8) is 0 Å². The third kappa shape index (κ3) is 3.45. The zero-order valence-electron chi connectivity index (χ0n) is 12.0. The molecule has 2 nitrogen and oxygen atoms in total. The molecule has 2 rings (SSSR count). The van der Waals surface area contributed by atoms with Crippen LogP contribution >= 0.6 is 39.1 Å².